The van der Waals surface area contributed by atoms with Crippen LogP contribution in [0.2, 0.25) is 0 Å². The fourth-order valence-corrected chi connectivity index (χ4v) is 2.95. The van der Waals surface area contributed by atoms with Gasteiger partial charge in [-0.2, -0.15) is 0 Å². The van der Waals surface area contributed by atoms with Crippen LogP contribution >= 0.6 is 0 Å². The van der Waals surface area contributed by atoms with Gasteiger partial charge in [-0.05, 0) is 19.3 Å². The molecule has 0 spiro atoms. The van der Waals surface area contributed by atoms with Crippen LogP contribution in [0, 0.1) is 0 Å². The highest BCUT2D eigenvalue weighted by Crippen LogP contribution is 2.16. The molecule has 108 valence electrons. The van der Waals surface area contributed by atoms with E-state index in [2.05, 4.69) is 6.92 Å². The summed E-state index contributed by atoms with van der Waals surface area (Å²) in [6.45, 7) is 3.28. The van der Waals surface area contributed by atoms with Crippen LogP contribution in [-0.4, -0.2) is 12.7 Å². The van der Waals surface area contributed by atoms with Crippen LogP contribution in [0.25, 0.3) is 0 Å². The van der Waals surface area contributed by atoms with E-state index in [0.29, 0.717) is 6.10 Å². The highest BCUT2D eigenvalue weighted by atomic mass is 16.5. The SMILES string of the molecule is CCCC1CCCCCCCCCCCCCO1. The van der Waals surface area contributed by atoms with Crippen molar-refractivity contribution in [2.24, 2.45) is 0 Å². The van der Waals surface area contributed by atoms with Gasteiger partial charge in [-0.3, -0.25) is 0 Å². The van der Waals surface area contributed by atoms with Gasteiger partial charge in [-0.1, -0.05) is 77.6 Å². The Morgan fingerprint density at radius 1 is 0.722 bits per heavy atom. The molecule has 0 bridgehead atoms. The quantitative estimate of drug-likeness (QED) is 0.599. The van der Waals surface area contributed by atoms with Gasteiger partial charge in [0.1, 0.15) is 0 Å². The molecule has 1 saturated heterocycles. The molecule has 1 aliphatic heterocycles. The van der Waals surface area contributed by atoms with Crippen LogP contribution < -0.4 is 0 Å². The van der Waals surface area contributed by atoms with Crippen molar-refractivity contribution < 1.29 is 4.74 Å². The van der Waals surface area contributed by atoms with Gasteiger partial charge in [0.25, 0.3) is 0 Å². The second-order valence-electron chi connectivity index (χ2n) is 5.96. The third-order valence-electron chi connectivity index (χ3n) is 4.13. The third-order valence-corrected chi connectivity index (χ3v) is 4.13. The monoisotopic (exact) mass is 254 g/mol. The lowest BCUT2D eigenvalue weighted by atomic mass is 10.0. The minimum Gasteiger partial charge on any atom is -0.378 e. The van der Waals surface area contributed by atoms with Gasteiger partial charge >= 0.3 is 0 Å². The Morgan fingerprint density at radius 2 is 1.22 bits per heavy atom. The summed E-state index contributed by atoms with van der Waals surface area (Å²) in [5, 5.41) is 0. The molecule has 0 saturated carbocycles. The average molecular weight is 254 g/mol. The molecule has 0 N–H and O–H groups in total. The second kappa shape index (κ2) is 12.0. The standard InChI is InChI=1S/C17H34O/c1-2-14-17-15-12-10-8-6-4-3-5-7-9-11-13-16-18-17/h17H,2-16H2,1H3. The fourth-order valence-electron chi connectivity index (χ4n) is 2.95. The summed E-state index contributed by atoms with van der Waals surface area (Å²) in [5.74, 6) is 0. The molecule has 0 aliphatic carbocycles. The van der Waals surface area contributed by atoms with Crippen LogP contribution in [0.5, 0.6) is 0 Å². The Kier molecular flexibility index (Phi) is 10.7. The van der Waals surface area contributed by atoms with E-state index >= 15 is 0 Å². The van der Waals surface area contributed by atoms with Gasteiger partial charge in [0, 0.05) is 6.61 Å². The first-order chi connectivity index (χ1) is 8.93. The molecule has 1 atom stereocenters. The van der Waals surface area contributed by atoms with Crippen molar-refractivity contribution in [3.05, 3.63) is 0 Å². The molecule has 0 radical (unpaired) electrons. The molecule has 0 aromatic rings. The summed E-state index contributed by atoms with van der Waals surface area (Å²) >= 11 is 0. The minimum absolute atomic E-state index is 0.556. The first-order valence-corrected chi connectivity index (χ1v) is 8.55. The molecule has 0 aromatic heterocycles. The smallest absolute Gasteiger partial charge is 0.0575 e. The molecular weight excluding hydrogens is 220 g/mol. The van der Waals surface area contributed by atoms with E-state index in [4.69, 9.17) is 4.74 Å². The Labute approximate surface area is 115 Å². The predicted octanol–water partition coefficient (Wildman–Crippen LogP) is 5.87. The molecule has 0 amide bonds. The summed E-state index contributed by atoms with van der Waals surface area (Å²) in [6, 6.07) is 0. The maximum atomic E-state index is 6.06. The van der Waals surface area contributed by atoms with E-state index in [-0.39, 0.29) is 0 Å². The van der Waals surface area contributed by atoms with E-state index in [9.17, 15) is 0 Å². The molecular formula is C17H34O. The minimum atomic E-state index is 0.556. The zero-order valence-corrected chi connectivity index (χ0v) is 12.6. The van der Waals surface area contributed by atoms with Crippen LogP contribution in [0.1, 0.15) is 96.8 Å². The van der Waals surface area contributed by atoms with Crippen molar-refractivity contribution in [2.45, 2.75) is 103 Å². The Balaban J connectivity index is 2.20. The molecule has 1 nitrogen and oxygen atoms in total. The number of rotatable bonds is 2. The third kappa shape index (κ3) is 8.97. The number of hydrogen-bond donors (Lipinski definition) is 0. The van der Waals surface area contributed by atoms with Crippen LogP contribution in [0.3, 0.4) is 0 Å². The van der Waals surface area contributed by atoms with Crippen LogP contribution in [0.4, 0.5) is 0 Å². The maximum Gasteiger partial charge on any atom is 0.0575 e. The molecule has 1 heteroatoms. The molecule has 0 aromatic carbocycles. The van der Waals surface area contributed by atoms with Gasteiger partial charge in [0.2, 0.25) is 0 Å². The number of hydrogen-bond acceptors (Lipinski definition) is 1. The zero-order chi connectivity index (χ0) is 12.9. The largest absolute Gasteiger partial charge is 0.378 e. The van der Waals surface area contributed by atoms with Gasteiger partial charge in [0.15, 0.2) is 0 Å². The second-order valence-corrected chi connectivity index (χ2v) is 5.96. The predicted molar refractivity (Wildman–Crippen MR) is 80.1 cm³/mol. The van der Waals surface area contributed by atoms with Crippen molar-refractivity contribution in [2.75, 3.05) is 6.61 Å². The highest BCUT2D eigenvalue weighted by molar-refractivity contribution is 4.59. The van der Waals surface area contributed by atoms with E-state index in [1.54, 1.807) is 0 Å². The summed E-state index contributed by atoms with van der Waals surface area (Å²) in [6.07, 6.45) is 20.0. The van der Waals surface area contributed by atoms with E-state index in [1.165, 1.54) is 89.9 Å². The van der Waals surface area contributed by atoms with Crippen molar-refractivity contribution in [3.63, 3.8) is 0 Å². The summed E-state index contributed by atoms with van der Waals surface area (Å²) in [5.41, 5.74) is 0. The Hall–Kier alpha value is -0.0400. The topological polar surface area (TPSA) is 9.23 Å². The van der Waals surface area contributed by atoms with Crippen LogP contribution in [0.15, 0.2) is 0 Å². The molecule has 1 fully saturated rings. The Morgan fingerprint density at radius 3 is 1.78 bits per heavy atom. The first-order valence-electron chi connectivity index (χ1n) is 8.55. The van der Waals surface area contributed by atoms with Crippen molar-refractivity contribution >= 4 is 0 Å². The lowest BCUT2D eigenvalue weighted by Gasteiger charge is -2.17. The van der Waals surface area contributed by atoms with E-state index < -0.39 is 0 Å². The molecule has 1 aliphatic rings. The van der Waals surface area contributed by atoms with Gasteiger partial charge < -0.3 is 4.74 Å². The number of ether oxygens (including phenoxy) is 1. The molecule has 1 unspecified atom stereocenters. The first kappa shape index (κ1) is 16.0. The summed E-state index contributed by atoms with van der Waals surface area (Å²) < 4.78 is 6.06. The van der Waals surface area contributed by atoms with Gasteiger partial charge in [0.05, 0.1) is 6.10 Å². The van der Waals surface area contributed by atoms with E-state index in [1.807, 2.05) is 0 Å². The average Bonchev–Trinajstić information content (AvgIpc) is 2.39. The molecule has 1 heterocycles. The van der Waals surface area contributed by atoms with Crippen LogP contribution in [-0.2, 0) is 4.74 Å². The van der Waals surface area contributed by atoms with Crippen molar-refractivity contribution in [1.29, 1.82) is 0 Å². The highest BCUT2D eigenvalue weighted by Gasteiger charge is 2.07. The fraction of sp³-hybridized carbons (Fsp3) is 1.00. The Bertz CT molecular complexity index is 151. The zero-order valence-electron chi connectivity index (χ0n) is 12.6. The van der Waals surface area contributed by atoms with Gasteiger partial charge in [-0.15, -0.1) is 0 Å². The lowest BCUT2D eigenvalue weighted by Crippen LogP contribution is -2.13. The summed E-state index contributed by atoms with van der Waals surface area (Å²) in [7, 11) is 0. The van der Waals surface area contributed by atoms with Gasteiger partial charge in [-0.25, -0.2) is 0 Å². The molecule has 1 rings (SSSR count). The maximum absolute atomic E-state index is 6.06. The molecule has 18 heavy (non-hydrogen) atoms. The normalized spacial score (nSPS) is 26.2. The summed E-state index contributed by atoms with van der Waals surface area (Å²) in [4.78, 5) is 0. The lowest BCUT2D eigenvalue weighted by molar-refractivity contribution is 0.0370. The van der Waals surface area contributed by atoms with Crippen molar-refractivity contribution in [1.82, 2.24) is 0 Å². The van der Waals surface area contributed by atoms with E-state index in [0.717, 1.165) is 6.61 Å². The van der Waals surface area contributed by atoms with Crippen molar-refractivity contribution in [3.8, 4) is 0 Å².